The number of aryl methyl sites for hydroxylation is 1. The van der Waals surface area contributed by atoms with Crippen LogP contribution in [0.4, 0.5) is 0 Å². The summed E-state index contributed by atoms with van der Waals surface area (Å²) in [4.78, 5) is 0. The van der Waals surface area contributed by atoms with Crippen LogP contribution in [0.2, 0.25) is 0 Å². The van der Waals surface area contributed by atoms with Crippen molar-refractivity contribution in [2.24, 2.45) is 0 Å². The van der Waals surface area contributed by atoms with E-state index < -0.39 is 0 Å². The van der Waals surface area contributed by atoms with Crippen molar-refractivity contribution in [1.82, 2.24) is 0 Å². The molecule has 0 amide bonds. The number of hydrogen-bond donors (Lipinski definition) is 0. The largest absolute Gasteiger partial charge is 0.365 e. The Bertz CT molecular complexity index is 512. The van der Waals surface area contributed by atoms with Crippen molar-refractivity contribution in [1.29, 1.82) is 0 Å². The van der Waals surface area contributed by atoms with Crippen LogP contribution in [0.15, 0.2) is 28.7 Å². The van der Waals surface area contributed by atoms with Crippen LogP contribution < -0.4 is 0 Å². The van der Waals surface area contributed by atoms with Gasteiger partial charge in [0.1, 0.15) is 0 Å². The summed E-state index contributed by atoms with van der Waals surface area (Å²) in [5.74, 6) is 0. The molecule has 0 fully saturated rings. The Hall–Kier alpha value is -0.600. The van der Waals surface area contributed by atoms with E-state index in [1.165, 1.54) is 16.7 Å². The number of hydrogen-bond acceptors (Lipinski definition) is 1. The molecular formula is C17H23BrO. The predicted octanol–water partition coefficient (Wildman–Crippen LogP) is 5.37. The zero-order chi connectivity index (χ0) is 14.3. The minimum atomic E-state index is -0.204. The van der Waals surface area contributed by atoms with Gasteiger partial charge >= 0.3 is 0 Å². The van der Waals surface area contributed by atoms with E-state index in [4.69, 9.17) is 4.74 Å². The molecule has 1 aliphatic rings. The first-order valence-corrected chi connectivity index (χ1v) is 7.72. The standard InChI is InChI=1S/C17H23BrO/c1-6-12-7-8-14(18)9-15(12)13-10-16(2,3)19-17(4,5)11-13/h7-10H,6,11H2,1-5H3. The molecule has 0 spiro atoms. The summed E-state index contributed by atoms with van der Waals surface area (Å²) >= 11 is 3.59. The van der Waals surface area contributed by atoms with Crippen LogP contribution in [-0.4, -0.2) is 11.2 Å². The second kappa shape index (κ2) is 5.06. The van der Waals surface area contributed by atoms with Crippen LogP contribution in [0.25, 0.3) is 5.57 Å². The Morgan fingerprint density at radius 3 is 2.47 bits per heavy atom. The monoisotopic (exact) mass is 322 g/mol. The Morgan fingerprint density at radius 2 is 1.89 bits per heavy atom. The first-order chi connectivity index (χ1) is 8.72. The molecule has 0 N–H and O–H groups in total. The van der Waals surface area contributed by atoms with Gasteiger partial charge in [0.25, 0.3) is 0 Å². The lowest BCUT2D eigenvalue weighted by molar-refractivity contribution is -0.100. The summed E-state index contributed by atoms with van der Waals surface area (Å²) in [5.41, 5.74) is 3.86. The molecule has 0 saturated carbocycles. The summed E-state index contributed by atoms with van der Waals surface area (Å²) in [6.45, 7) is 10.8. The van der Waals surface area contributed by atoms with Crippen LogP contribution in [0.5, 0.6) is 0 Å². The maximum absolute atomic E-state index is 6.13. The van der Waals surface area contributed by atoms with Gasteiger partial charge in [0.05, 0.1) is 11.2 Å². The lowest BCUT2D eigenvalue weighted by Crippen LogP contribution is -2.39. The van der Waals surface area contributed by atoms with E-state index in [2.05, 4.69) is 74.8 Å². The number of rotatable bonds is 2. The lowest BCUT2D eigenvalue weighted by atomic mass is 9.84. The fraction of sp³-hybridized carbons (Fsp3) is 0.529. The Morgan fingerprint density at radius 1 is 1.21 bits per heavy atom. The van der Waals surface area contributed by atoms with E-state index in [0.29, 0.717) is 0 Å². The van der Waals surface area contributed by atoms with Gasteiger partial charge in [-0.2, -0.15) is 0 Å². The topological polar surface area (TPSA) is 9.23 Å². The zero-order valence-electron chi connectivity index (χ0n) is 12.5. The Balaban J connectivity index is 2.51. The molecule has 1 heterocycles. The third kappa shape index (κ3) is 3.49. The fourth-order valence-corrected chi connectivity index (χ4v) is 3.40. The molecule has 0 radical (unpaired) electrons. The molecule has 0 aliphatic carbocycles. The average molecular weight is 323 g/mol. The molecule has 0 aromatic heterocycles. The van der Waals surface area contributed by atoms with Crippen molar-refractivity contribution in [3.05, 3.63) is 39.9 Å². The maximum atomic E-state index is 6.13. The summed E-state index contributed by atoms with van der Waals surface area (Å²) in [5, 5.41) is 0. The highest BCUT2D eigenvalue weighted by Crippen LogP contribution is 2.39. The van der Waals surface area contributed by atoms with Gasteiger partial charge in [-0.3, -0.25) is 0 Å². The van der Waals surface area contributed by atoms with Crippen LogP contribution >= 0.6 is 15.9 Å². The molecule has 2 rings (SSSR count). The van der Waals surface area contributed by atoms with Gasteiger partial charge in [-0.15, -0.1) is 0 Å². The SMILES string of the molecule is CCc1ccc(Br)cc1C1=CC(C)(C)OC(C)(C)C1. The molecule has 1 aromatic carbocycles. The number of benzene rings is 1. The Labute approximate surface area is 125 Å². The Kier molecular flexibility index (Phi) is 3.95. The third-order valence-electron chi connectivity index (χ3n) is 3.48. The fourth-order valence-electron chi connectivity index (χ4n) is 3.04. The second-order valence-corrected chi connectivity index (χ2v) is 7.38. The summed E-state index contributed by atoms with van der Waals surface area (Å²) < 4.78 is 7.27. The predicted molar refractivity (Wildman–Crippen MR) is 85.4 cm³/mol. The van der Waals surface area contributed by atoms with Gasteiger partial charge in [-0.05, 0) is 69.0 Å². The first-order valence-electron chi connectivity index (χ1n) is 6.93. The highest BCUT2D eigenvalue weighted by atomic mass is 79.9. The van der Waals surface area contributed by atoms with Crippen LogP contribution in [-0.2, 0) is 11.2 Å². The molecule has 0 saturated heterocycles. The van der Waals surface area contributed by atoms with Gasteiger partial charge < -0.3 is 4.74 Å². The van der Waals surface area contributed by atoms with Crippen molar-refractivity contribution in [3.63, 3.8) is 0 Å². The third-order valence-corrected chi connectivity index (χ3v) is 3.97. The van der Waals surface area contributed by atoms with E-state index in [-0.39, 0.29) is 11.2 Å². The number of ether oxygens (including phenoxy) is 1. The van der Waals surface area contributed by atoms with E-state index in [0.717, 1.165) is 17.3 Å². The molecule has 1 aliphatic heterocycles. The van der Waals surface area contributed by atoms with Crippen LogP contribution in [0, 0.1) is 0 Å². The lowest BCUT2D eigenvalue weighted by Gasteiger charge is -2.40. The van der Waals surface area contributed by atoms with Gasteiger partial charge in [0.2, 0.25) is 0 Å². The molecule has 104 valence electrons. The molecule has 1 nitrogen and oxygen atoms in total. The second-order valence-electron chi connectivity index (χ2n) is 6.47. The molecule has 1 aromatic rings. The molecule has 0 atom stereocenters. The molecule has 19 heavy (non-hydrogen) atoms. The van der Waals surface area contributed by atoms with E-state index in [9.17, 15) is 0 Å². The summed E-state index contributed by atoms with van der Waals surface area (Å²) in [7, 11) is 0. The highest BCUT2D eigenvalue weighted by Gasteiger charge is 2.34. The van der Waals surface area contributed by atoms with Gasteiger partial charge in [0, 0.05) is 10.9 Å². The normalized spacial score (nSPS) is 21.1. The zero-order valence-corrected chi connectivity index (χ0v) is 14.1. The van der Waals surface area contributed by atoms with Crippen molar-refractivity contribution in [2.75, 3.05) is 0 Å². The van der Waals surface area contributed by atoms with Crippen LogP contribution in [0.3, 0.4) is 0 Å². The van der Waals surface area contributed by atoms with Crippen molar-refractivity contribution >= 4 is 21.5 Å². The average Bonchev–Trinajstić information content (AvgIpc) is 2.24. The van der Waals surface area contributed by atoms with Gasteiger partial charge in [0.15, 0.2) is 0 Å². The van der Waals surface area contributed by atoms with Gasteiger partial charge in [-0.1, -0.05) is 28.9 Å². The highest BCUT2D eigenvalue weighted by molar-refractivity contribution is 9.10. The van der Waals surface area contributed by atoms with E-state index in [1.54, 1.807) is 0 Å². The van der Waals surface area contributed by atoms with Crippen LogP contribution in [0.1, 0.15) is 52.2 Å². The smallest absolute Gasteiger partial charge is 0.0819 e. The van der Waals surface area contributed by atoms with E-state index in [1.807, 2.05) is 0 Å². The number of halogens is 1. The maximum Gasteiger partial charge on any atom is 0.0819 e. The summed E-state index contributed by atoms with van der Waals surface area (Å²) in [6, 6.07) is 6.58. The van der Waals surface area contributed by atoms with E-state index >= 15 is 0 Å². The molecule has 0 unspecified atom stereocenters. The quantitative estimate of drug-likeness (QED) is 0.711. The van der Waals surface area contributed by atoms with Crippen molar-refractivity contribution in [3.8, 4) is 0 Å². The van der Waals surface area contributed by atoms with Crippen molar-refractivity contribution < 1.29 is 4.74 Å². The molecule has 2 heteroatoms. The molecule has 0 bridgehead atoms. The van der Waals surface area contributed by atoms with Gasteiger partial charge in [-0.25, -0.2) is 0 Å². The molecular weight excluding hydrogens is 300 g/mol. The first kappa shape index (κ1) is 14.8. The minimum Gasteiger partial charge on any atom is -0.365 e. The van der Waals surface area contributed by atoms with Crippen molar-refractivity contribution in [2.45, 2.75) is 58.7 Å². The summed E-state index contributed by atoms with van der Waals surface area (Å²) in [6.07, 6.45) is 4.29. The minimum absolute atomic E-state index is 0.110.